The van der Waals surface area contributed by atoms with Crippen molar-refractivity contribution in [1.82, 2.24) is 4.90 Å². The predicted molar refractivity (Wildman–Crippen MR) is 84.8 cm³/mol. The number of benzene rings is 1. The van der Waals surface area contributed by atoms with E-state index >= 15 is 0 Å². The Kier molecular flexibility index (Phi) is 3.64. The second-order valence-corrected chi connectivity index (χ2v) is 7.59. The third-order valence-corrected chi connectivity index (χ3v) is 4.85. The molecule has 1 aromatic carbocycles. The molecule has 2 fully saturated rings. The van der Waals surface area contributed by atoms with Gasteiger partial charge in [-0.3, -0.25) is 4.90 Å². The van der Waals surface area contributed by atoms with Gasteiger partial charge in [0.1, 0.15) is 0 Å². The average molecular weight is 272 g/mol. The van der Waals surface area contributed by atoms with E-state index in [9.17, 15) is 0 Å². The van der Waals surface area contributed by atoms with Gasteiger partial charge in [0.15, 0.2) is 0 Å². The molecule has 1 aromatic rings. The Morgan fingerprint density at radius 2 is 1.70 bits per heavy atom. The Balaban J connectivity index is 1.85. The monoisotopic (exact) mass is 272 g/mol. The van der Waals surface area contributed by atoms with Gasteiger partial charge in [-0.15, -0.1) is 0 Å². The molecule has 2 nitrogen and oxygen atoms in total. The molecule has 2 unspecified atom stereocenters. The minimum atomic E-state index is 0.226. The molecule has 0 aromatic heterocycles. The fourth-order valence-corrected chi connectivity index (χ4v) is 3.49. The number of rotatable bonds is 2. The molecule has 20 heavy (non-hydrogen) atoms. The molecule has 1 saturated heterocycles. The molecule has 0 bridgehead atoms. The summed E-state index contributed by atoms with van der Waals surface area (Å²) in [5.41, 5.74) is 9.49. The van der Waals surface area contributed by atoms with Crippen molar-refractivity contribution in [3.05, 3.63) is 35.4 Å². The molecule has 3 rings (SSSR count). The Morgan fingerprint density at radius 3 is 2.25 bits per heavy atom. The number of nitrogens with zero attached hydrogens (tertiary/aromatic N) is 1. The lowest BCUT2D eigenvalue weighted by Gasteiger charge is -2.40. The van der Waals surface area contributed by atoms with Crippen molar-refractivity contribution in [2.24, 2.45) is 5.73 Å². The molecule has 1 saturated carbocycles. The van der Waals surface area contributed by atoms with Crippen molar-refractivity contribution in [2.75, 3.05) is 6.54 Å². The molecule has 0 amide bonds. The Bertz CT molecular complexity index is 453. The maximum absolute atomic E-state index is 6.45. The SMILES string of the molecule is CC(C)(C)c1ccc(C2C(N)CCCN2C2CC2)cc1. The Hall–Kier alpha value is -0.860. The van der Waals surface area contributed by atoms with Crippen LogP contribution in [0.2, 0.25) is 0 Å². The van der Waals surface area contributed by atoms with Crippen LogP contribution in [0.25, 0.3) is 0 Å². The van der Waals surface area contributed by atoms with E-state index in [-0.39, 0.29) is 5.41 Å². The lowest BCUT2D eigenvalue weighted by atomic mass is 9.84. The largest absolute Gasteiger partial charge is 0.326 e. The molecule has 2 atom stereocenters. The smallest absolute Gasteiger partial charge is 0.0502 e. The second kappa shape index (κ2) is 5.16. The van der Waals surface area contributed by atoms with Crippen LogP contribution in [0.1, 0.15) is 63.6 Å². The van der Waals surface area contributed by atoms with Gasteiger partial charge in [0.25, 0.3) is 0 Å². The maximum atomic E-state index is 6.45. The molecular weight excluding hydrogens is 244 g/mol. The van der Waals surface area contributed by atoms with Crippen molar-refractivity contribution >= 4 is 0 Å². The third-order valence-electron chi connectivity index (χ3n) is 4.85. The van der Waals surface area contributed by atoms with Gasteiger partial charge in [-0.05, 0) is 48.8 Å². The van der Waals surface area contributed by atoms with Gasteiger partial charge in [0.05, 0.1) is 6.04 Å². The van der Waals surface area contributed by atoms with E-state index in [0.29, 0.717) is 12.1 Å². The van der Waals surface area contributed by atoms with Crippen molar-refractivity contribution in [3.8, 4) is 0 Å². The number of hydrogen-bond donors (Lipinski definition) is 1. The van der Waals surface area contributed by atoms with Gasteiger partial charge in [0.2, 0.25) is 0 Å². The summed E-state index contributed by atoms with van der Waals surface area (Å²) in [6, 6.07) is 10.7. The van der Waals surface area contributed by atoms with Gasteiger partial charge in [-0.25, -0.2) is 0 Å². The van der Waals surface area contributed by atoms with Crippen LogP contribution in [0, 0.1) is 0 Å². The fourth-order valence-electron chi connectivity index (χ4n) is 3.49. The van der Waals surface area contributed by atoms with E-state index in [4.69, 9.17) is 5.73 Å². The first-order valence-corrected chi connectivity index (χ1v) is 8.08. The zero-order valence-corrected chi connectivity index (χ0v) is 13.1. The van der Waals surface area contributed by atoms with Crippen molar-refractivity contribution in [2.45, 2.75) is 70.0 Å². The Labute approximate surface area is 123 Å². The van der Waals surface area contributed by atoms with Crippen LogP contribution in [0.4, 0.5) is 0 Å². The summed E-state index contributed by atoms with van der Waals surface area (Å²) in [4.78, 5) is 2.67. The second-order valence-electron chi connectivity index (χ2n) is 7.59. The molecule has 110 valence electrons. The fraction of sp³-hybridized carbons (Fsp3) is 0.667. The standard InChI is InChI=1S/C18H28N2/c1-18(2,3)14-8-6-13(7-9-14)17-16(19)5-4-12-20(17)15-10-11-15/h6-9,15-17H,4-5,10-12,19H2,1-3H3. The van der Waals surface area contributed by atoms with E-state index in [1.807, 2.05) is 0 Å². The summed E-state index contributed by atoms with van der Waals surface area (Å²) in [6.07, 6.45) is 5.15. The lowest BCUT2D eigenvalue weighted by Crippen LogP contribution is -2.46. The summed E-state index contributed by atoms with van der Waals surface area (Å²) >= 11 is 0. The van der Waals surface area contributed by atoms with Crippen LogP contribution < -0.4 is 5.73 Å². The van der Waals surface area contributed by atoms with Crippen LogP contribution in [0.5, 0.6) is 0 Å². The summed E-state index contributed by atoms with van der Waals surface area (Å²) in [5.74, 6) is 0. The summed E-state index contributed by atoms with van der Waals surface area (Å²) in [7, 11) is 0. The normalized spacial score (nSPS) is 28.6. The lowest BCUT2D eigenvalue weighted by molar-refractivity contribution is 0.120. The highest BCUT2D eigenvalue weighted by molar-refractivity contribution is 5.30. The average Bonchev–Trinajstić information content (AvgIpc) is 3.22. The molecule has 1 heterocycles. The molecule has 2 N–H and O–H groups in total. The van der Waals surface area contributed by atoms with E-state index < -0.39 is 0 Å². The van der Waals surface area contributed by atoms with Crippen molar-refractivity contribution in [3.63, 3.8) is 0 Å². The van der Waals surface area contributed by atoms with Gasteiger partial charge in [-0.2, -0.15) is 0 Å². The van der Waals surface area contributed by atoms with E-state index in [1.54, 1.807) is 0 Å². The number of piperidine rings is 1. The molecule has 1 aliphatic heterocycles. The van der Waals surface area contributed by atoms with Crippen molar-refractivity contribution in [1.29, 1.82) is 0 Å². The molecule has 2 heteroatoms. The molecule has 0 spiro atoms. The summed E-state index contributed by atoms with van der Waals surface area (Å²) in [6.45, 7) is 8.03. The van der Waals surface area contributed by atoms with E-state index in [2.05, 4.69) is 49.9 Å². The number of nitrogens with two attached hydrogens (primary N) is 1. The zero-order valence-electron chi connectivity index (χ0n) is 13.1. The summed E-state index contributed by atoms with van der Waals surface area (Å²) in [5, 5.41) is 0. The maximum Gasteiger partial charge on any atom is 0.0502 e. The molecule has 2 aliphatic rings. The highest BCUT2D eigenvalue weighted by Crippen LogP contribution is 2.39. The van der Waals surface area contributed by atoms with Crippen LogP contribution in [-0.2, 0) is 5.41 Å². The van der Waals surface area contributed by atoms with Crippen LogP contribution in [-0.4, -0.2) is 23.5 Å². The molecule has 0 radical (unpaired) electrons. The number of likely N-dealkylation sites (tertiary alicyclic amines) is 1. The van der Waals surface area contributed by atoms with Gasteiger partial charge >= 0.3 is 0 Å². The summed E-state index contributed by atoms with van der Waals surface area (Å²) < 4.78 is 0. The van der Waals surface area contributed by atoms with E-state index in [0.717, 1.165) is 12.5 Å². The molecule has 1 aliphatic carbocycles. The zero-order chi connectivity index (χ0) is 14.3. The van der Waals surface area contributed by atoms with Gasteiger partial charge < -0.3 is 5.73 Å². The topological polar surface area (TPSA) is 29.3 Å². The van der Waals surface area contributed by atoms with Crippen LogP contribution in [0.15, 0.2) is 24.3 Å². The molecular formula is C18H28N2. The minimum absolute atomic E-state index is 0.226. The number of hydrogen-bond acceptors (Lipinski definition) is 2. The highest BCUT2D eigenvalue weighted by Gasteiger charge is 2.39. The van der Waals surface area contributed by atoms with Crippen molar-refractivity contribution < 1.29 is 0 Å². The Morgan fingerprint density at radius 1 is 1.05 bits per heavy atom. The van der Waals surface area contributed by atoms with Crippen LogP contribution >= 0.6 is 0 Å². The first-order chi connectivity index (χ1) is 9.47. The van der Waals surface area contributed by atoms with E-state index in [1.165, 1.54) is 36.9 Å². The minimum Gasteiger partial charge on any atom is -0.326 e. The first kappa shape index (κ1) is 14.1. The van der Waals surface area contributed by atoms with Crippen LogP contribution in [0.3, 0.4) is 0 Å². The van der Waals surface area contributed by atoms with Gasteiger partial charge in [0, 0.05) is 12.1 Å². The quantitative estimate of drug-likeness (QED) is 0.891. The highest BCUT2D eigenvalue weighted by atomic mass is 15.2. The third kappa shape index (κ3) is 2.77. The predicted octanol–water partition coefficient (Wildman–Crippen LogP) is 3.61. The van der Waals surface area contributed by atoms with Gasteiger partial charge in [-0.1, -0.05) is 45.0 Å². The first-order valence-electron chi connectivity index (χ1n) is 8.08.